The van der Waals surface area contributed by atoms with Crippen molar-refractivity contribution in [2.75, 3.05) is 26.3 Å². The van der Waals surface area contributed by atoms with Crippen molar-refractivity contribution >= 4 is 5.91 Å². The largest absolute Gasteiger partial charge is 0.393 e. The quantitative estimate of drug-likeness (QED) is 0.907. The van der Waals surface area contributed by atoms with Gasteiger partial charge in [-0.05, 0) is 11.6 Å². The molecule has 1 saturated heterocycles. The zero-order valence-corrected chi connectivity index (χ0v) is 13.1. The smallest absolute Gasteiger partial charge is 0.274 e. The van der Waals surface area contributed by atoms with Gasteiger partial charge in [0.05, 0.1) is 26.0 Å². The molecule has 3 rings (SSSR count). The Hall–Kier alpha value is -2.38. The van der Waals surface area contributed by atoms with Crippen LogP contribution in [0.2, 0.25) is 0 Å². The summed E-state index contributed by atoms with van der Waals surface area (Å²) < 4.78 is 19.7. The van der Waals surface area contributed by atoms with Crippen LogP contribution in [0.3, 0.4) is 0 Å². The number of amides is 1. The molecule has 1 aromatic heterocycles. The monoisotopic (exact) mass is 331 g/mol. The van der Waals surface area contributed by atoms with Gasteiger partial charge in [0, 0.05) is 25.4 Å². The van der Waals surface area contributed by atoms with Crippen LogP contribution < -0.4 is 0 Å². The van der Waals surface area contributed by atoms with Crippen LogP contribution in [0.5, 0.6) is 0 Å². The predicted molar refractivity (Wildman–Crippen MR) is 83.8 cm³/mol. The lowest BCUT2D eigenvalue weighted by Gasteiger charge is -2.41. The van der Waals surface area contributed by atoms with Crippen LogP contribution in [-0.4, -0.2) is 57.8 Å². The first-order chi connectivity index (χ1) is 11.6. The minimum atomic E-state index is -1.03. The summed E-state index contributed by atoms with van der Waals surface area (Å²) >= 11 is 0. The van der Waals surface area contributed by atoms with Gasteiger partial charge in [0.2, 0.25) is 0 Å². The van der Waals surface area contributed by atoms with Crippen LogP contribution in [0.25, 0.3) is 0 Å². The average molecular weight is 331 g/mol. The molecule has 1 aliphatic heterocycles. The maximum atomic E-state index is 13.9. The number of benzene rings is 1. The van der Waals surface area contributed by atoms with E-state index in [1.165, 1.54) is 24.7 Å². The van der Waals surface area contributed by atoms with Crippen LogP contribution in [-0.2, 0) is 11.2 Å². The standard InChI is InChI=1S/C17H18FN3O3/c18-14-4-2-1-3-13(14)9-17(12-22)11-21(7-8-24-17)16(23)15-10-19-5-6-20-15/h1-6,10,22H,7-9,11-12H2. The van der Waals surface area contributed by atoms with Gasteiger partial charge in [-0.1, -0.05) is 18.2 Å². The third-order valence-corrected chi connectivity index (χ3v) is 4.08. The minimum absolute atomic E-state index is 0.160. The number of aromatic nitrogens is 2. The Morgan fingerprint density at radius 2 is 2.21 bits per heavy atom. The molecule has 0 aliphatic carbocycles. The van der Waals surface area contributed by atoms with Crippen LogP contribution in [0.4, 0.5) is 4.39 Å². The van der Waals surface area contributed by atoms with Crippen molar-refractivity contribution < 1.29 is 19.0 Å². The molecule has 2 aromatic rings. The van der Waals surface area contributed by atoms with E-state index >= 15 is 0 Å². The van der Waals surface area contributed by atoms with E-state index in [2.05, 4.69) is 9.97 Å². The summed E-state index contributed by atoms with van der Waals surface area (Å²) in [5, 5.41) is 9.85. The second kappa shape index (κ2) is 7.02. The molecule has 0 bridgehead atoms. The van der Waals surface area contributed by atoms with Crippen molar-refractivity contribution in [2.45, 2.75) is 12.0 Å². The van der Waals surface area contributed by atoms with E-state index in [9.17, 15) is 14.3 Å². The highest BCUT2D eigenvalue weighted by molar-refractivity contribution is 5.92. The van der Waals surface area contributed by atoms with Crippen molar-refractivity contribution in [3.05, 3.63) is 59.9 Å². The first kappa shape index (κ1) is 16.5. The van der Waals surface area contributed by atoms with Crippen molar-refractivity contribution in [1.29, 1.82) is 0 Å². The van der Waals surface area contributed by atoms with Crippen molar-refractivity contribution in [1.82, 2.24) is 14.9 Å². The van der Waals surface area contributed by atoms with Gasteiger partial charge >= 0.3 is 0 Å². The topological polar surface area (TPSA) is 75.6 Å². The van der Waals surface area contributed by atoms with Gasteiger partial charge in [-0.25, -0.2) is 9.37 Å². The molecular formula is C17H18FN3O3. The zero-order chi connectivity index (χ0) is 17.0. The number of nitrogens with zero attached hydrogens (tertiary/aromatic N) is 3. The van der Waals surface area contributed by atoms with Crippen molar-refractivity contribution in [2.24, 2.45) is 0 Å². The fraction of sp³-hybridized carbons (Fsp3) is 0.353. The average Bonchev–Trinajstić information content (AvgIpc) is 2.64. The Morgan fingerprint density at radius 3 is 2.92 bits per heavy atom. The van der Waals surface area contributed by atoms with Crippen LogP contribution in [0, 0.1) is 5.82 Å². The summed E-state index contributed by atoms with van der Waals surface area (Å²) in [4.78, 5) is 22.0. The first-order valence-electron chi connectivity index (χ1n) is 7.67. The maximum absolute atomic E-state index is 13.9. The van der Waals surface area contributed by atoms with Gasteiger partial charge in [0.25, 0.3) is 5.91 Å². The van der Waals surface area contributed by atoms with Gasteiger partial charge in [0.1, 0.15) is 17.1 Å². The lowest BCUT2D eigenvalue weighted by Crippen LogP contribution is -2.57. The number of carbonyl (C=O) groups excluding carboxylic acids is 1. The van der Waals surface area contributed by atoms with E-state index in [0.29, 0.717) is 12.1 Å². The lowest BCUT2D eigenvalue weighted by molar-refractivity contribution is -0.124. The van der Waals surface area contributed by atoms with Gasteiger partial charge in [-0.2, -0.15) is 0 Å². The van der Waals surface area contributed by atoms with E-state index in [1.54, 1.807) is 23.1 Å². The Bertz CT molecular complexity index is 713. The van der Waals surface area contributed by atoms with E-state index in [4.69, 9.17) is 4.74 Å². The minimum Gasteiger partial charge on any atom is -0.393 e. The highest BCUT2D eigenvalue weighted by Gasteiger charge is 2.39. The number of carbonyl (C=O) groups is 1. The number of rotatable bonds is 4. The molecule has 1 amide bonds. The summed E-state index contributed by atoms with van der Waals surface area (Å²) in [6.45, 7) is 0.494. The molecule has 0 spiro atoms. The zero-order valence-electron chi connectivity index (χ0n) is 13.1. The predicted octanol–water partition coefficient (Wildman–Crippen LogP) is 1.06. The van der Waals surface area contributed by atoms with Crippen molar-refractivity contribution in [3.8, 4) is 0 Å². The summed E-state index contributed by atoms with van der Waals surface area (Å²) in [5.74, 6) is -0.635. The molecule has 2 heterocycles. The Labute approximate surface area is 138 Å². The fourth-order valence-corrected chi connectivity index (χ4v) is 2.84. The fourth-order valence-electron chi connectivity index (χ4n) is 2.84. The highest BCUT2D eigenvalue weighted by Crippen LogP contribution is 2.25. The molecule has 1 fully saturated rings. The SMILES string of the molecule is O=C(c1cnccn1)N1CCOC(CO)(Cc2ccccc2F)C1. The Kier molecular flexibility index (Phi) is 4.82. The van der Waals surface area contributed by atoms with Gasteiger partial charge in [0.15, 0.2) is 0 Å². The molecule has 126 valence electrons. The van der Waals surface area contributed by atoms with Crippen LogP contribution in [0.15, 0.2) is 42.9 Å². The Morgan fingerprint density at radius 1 is 1.38 bits per heavy atom. The summed E-state index contributed by atoms with van der Waals surface area (Å²) in [6, 6.07) is 6.36. The van der Waals surface area contributed by atoms with Crippen LogP contribution >= 0.6 is 0 Å². The van der Waals surface area contributed by atoms with Gasteiger partial charge < -0.3 is 14.7 Å². The molecule has 24 heavy (non-hydrogen) atoms. The molecule has 1 atom stereocenters. The van der Waals surface area contributed by atoms with E-state index in [1.807, 2.05) is 0 Å². The number of hydrogen-bond donors (Lipinski definition) is 1. The van der Waals surface area contributed by atoms with Gasteiger partial charge in [-0.3, -0.25) is 9.78 Å². The van der Waals surface area contributed by atoms with E-state index in [-0.39, 0.29) is 43.6 Å². The highest BCUT2D eigenvalue weighted by atomic mass is 19.1. The Balaban J connectivity index is 1.79. The maximum Gasteiger partial charge on any atom is 0.274 e. The second-order valence-corrected chi connectivity index (χ2v) is 5.78. The molecule has 6 nitrogen and oxygen atoms in total. The molecule has 7 heteroatoms. The number of aliphatic hydroxyl groups is 1. The van der Waals surface area contributed by atoms with Crippen molar-refractivity contribution in [3.63, 3.8) is 0 Å². The number of hydrogen-bond acceptors (Lipinski definition) is 5. The van der Waals surface area contributed by atoms with E-state index in [0.717, 1.165) is 0 Å². The summed E-state index contributed by atoms with van der Waals surface area (Å²) in [5.41, 5.74) is -0.351. The number of halogens is 1. The summed E-state index contributed by atoms with van der Waals surface area (Å²) in [6.07, 6.45) is 4.52. The molecule has 0 saturated carbocycles. The molecule has 1 unspecified atom stereocenters. The number of morpholine rings is 1. The molecule has 1 N–H and O–H groups in total. The van der Waals surface area contributed by atoms with Crippen LogP contribution in [0.1, 0.15) is 16.1 Å². The molecular weight excluding hydrogens is 313 g/mol. The normalized spacial score (nSPS) is 20.8. The summed E-state index contributed by atoms with van der Waals surface area (Å²) in [7, 11) is 0. The lowest BCUT2D eigenvalue weighted by atomic mass is 9.92. The molecule has 0 radical (unpaired) electrons. The third-order valence-electron chi connectivity index (χ3n) is 4.08. The second-order valence-electron chi connectivity index (χ2n) is 5.78. The van der Waals surface area contributed by atoms with Gasteiger partial charge in [-0.15, -0.1) is 0 Å². The first-order valence-corrected chi connectivity index (χ1v) is 7.67. The number of ether oxygens (including phenoxy) is 1. The molecule has 1 aliphatic rings. The van der Waals surface area contributed by atoms with E-state index < -0.39 is 5.60 Å². The molecule has 1 aromatic carbocycles. The third kappa shape index (κ3) is 3.42. The number of aliphatic hydroxyl groups excluding tert-OH is 1.